The molecule has 0 aliphatic heterocycles. The third-order valence-electron chi connectivity index (χ3n) is 6.61. The molecule has 0 aliphatic carbocycles. The van der Waals surface area contributed by atoms with Crippen molar-refractivity contribution in [3.63, 3.8) is 0 Å². The van der Waals surface area contributed by atoms with E-state index < -0.39 is 7.26 Å². The molecule has 0 N–H and O–H groups in total. The lowest BCUT2D eigenvalue weighted by molar-refractivity contribution is 1.22. The Morgan fingerprint density at radius 3 is 1.23 bits per heavy atom. The van der Waals surface area contributed by atoms with Crippen LogP contribution in [0.4, 0.5) is 0 Å². The van der Waals surface area contributed by atoms with Crippen LogP contribution in [0.2, 0.25) is 10.0 Å². The Bertz CT molecular complexity index is 1420. The second-order valence-corrected chi connectivity index (χ2v) is 13.6. The van der Waals surface area contributed by atoms with Crippen molar-refractivity contribution in [2.24, 2.45) is 10.2 Å². The van der Waals surface area contributed by atoms with Crippen molar-refractivity contribution in [3.8, 4) is 0 Å². The molecule has 5 aromatic rings. The Labute approximate surface area is 241 Å². The molecule has 0 bridgehead atoms. The van der Waals surface area contributed by atoms with Crippen LogP contribution in [0.15, 0.2) is 150 Å². The van der Waals surface area contributed by atoms with E-state index in [-0.39, 0.29) is 0 Å². The summed E-state index contributed by atoms with van der Waals surface area (Å²) in [7, 11) is -2.06. The van der Waals surface area contributed by atoms with Gasteiger partial charge in [0.1, 0.15) is 35.0 Å². The molecule has 0 amide bonds. The van der Waals surface area contributed by atoms with E-state index in [1.165, 1.54) is 15.9 Å². The predicted octanol–water partition coefficient (Wildman–Crippen LogP) is 8.20. The number of benzene rings is 5. The van der Waals surface area contributed by atoms with Gasteiger partial charge in [0.15, 0.2) is 0 Å². The molecule has 0 unspecified atom stereocenters. The van der Waals surface area contributed by atoms with Crippen molar-refractivity contribution in [2.75, 3.05) is 6.16 Å². The Morgan fingerprint density at radius 1 is 0.513 bits per heavy atom. The normalized spacial score (nSPS) is 11.7. The monoisotopic (exact) mass is 565 g/mol. The summed E-state index contributed by atoms with van der Waals surface area (Å²) in [4.78, 5) is 0. The highest BCUT2D eigenvalue weighted by Crippen LogP contribution is 2.55. The average Bonchev–Trinajstić information content (AvgIpc) is 2.99. The molecular weight excluding hydrogens is 538 g/mol. The lowest BCUT2D eigenvalue weighted by Crippen LogP contribution is -2.35. The summed E-state index contributed by atoms with van der Waals surface area (Å²) < 4.78 is 0. The fourth-order valence-electron chi connectivity index (χ4n) is 4.78. The molecule has 0 radical (unpaired) electrons. The van der Waals surface area contributed by atoms with Gasteiger partial charge in [-0.15, -0.1) is 5.10 Å². The summed E-state index contributed by atoms with van der Waals surface area (Å²) in [5.74, 6) is 0. The first-order chi connectivity index (χ1) is 19.1. The Kier molecular flexibility index (Phi) is 8.69. The largest absolute Gasteiger partial charge is 0.156 e. The van der Waals surface area contributed by atoms with E-state index in [4.69, 9.17) is 33.4 Å². The summed E-state index contributed by atoms with van der Waals surface area (Å²) in [5, 5.41) is 15.0. The molecule has 5 aromatic carbocycles. The van der Waals surface area contributed by atoms with Crippen LogP contribution in [0, 0.1) is 0 Å². The van der Waals surface area contributed by atoms with E-state index in [0.717, 1.165) is 28.7 Å². The topological polar surface area (TPSA) is 24.7 Å². The number of halogens is 2. The van der Waals surface area contributed by atoms with E-state index in [0.29, 0.717) is 10.0 Å². The van der Waals surface area contributed by atoms with Crippen LogP contribution in [0.5, 0.6) is 0 Å². The van der Waals surface area contributed by atoms with Crippen LogP contribution in [-0.4, -0.2) is 17.6 Å². The standard InChI is InChI=1S/C34H28Cl2N2P/c1-26(37-38-34(27-17-21-29(35)22-18-27)28-19-23-30(36)24-20-28)25-39(31-11-5-2-6-12-31,32-13-7-3-8-14-32)33-15-9-4-10-16-33/h2-24H,25H2,1H3/q+1/b37-26-. The van der Waals surface area contributed by atoms with Gasteiger partial charge >= 0.3 is 0 Å². The van der Waals surface area contributed by atoms with Crippen molar-refractivity contribution in [2.45, 2.75) is 6.92 Å². The fourth-order valence-corrected chi connectivity index (χ4v) is 9.26. The average molecular weight is 566 g/mol. The highest BCUT2D eigenvalue weighted by molar-refractivity contribution is 7.96. The first-order valence-corrected chi connectivity index (χ1v) is 15.5. The van der Waals surface area contributed by atoms with Gasteiger partial charge in [0.05, 0.1) is 5.71 Å². The van der Waals surface area contributed by atoms with E-state index in [1.54, 1.807) is 0 Å². The van der Waals surface area contributed by atoms with Crippen molar-refractivity contribution >= 4 is 57.8 Å². The van der Waals surface area contributed by atoms with Gasteiger partial charge in [-0.1, -0.05) is 102 Å². The van der Waals surface area contributed by atoms with E-state index in [9.17, 15) is 0 Å². The maximum atomic E-state index is 6.18. The van der Waals surface area contributed by atoms with Crippen LogP contribution < -0.4 is 15.9 Å². The molecule has 2 nitrogen and oxygen atoms in total. The fraction of sp³-hybridized carbons (Fsp3) is 0.0588. The molecule has 0 heterocycles. The lowest BCUT2D eigenvalue weighted by atomic mass is 10.0. The van der Waals surface area contributed by atoms with Gasteiger partial charge in [0.2, 0.25) is 0 Å². The molecular formula is C34H28Cl2N2P+. The molecule has 0 spiro atoms. The van der Waals surface area contributed by atoms with Crippen LogP contribution in [0.25, 0.3) is 0 Å². The molecule has 5 heteroatoms. The first-order valence-electron chi connectivity index (χ1n) is 12.7. The maximum absolute atomic E-state index is 6.18. The summed E-state index contributed by atoms with van der Waals surface area (Å²) in [5.41, 5.74) is 3.60. The molecule has 192 valence electrons. The van der Waals surface area contributed by atoms with E-state index >= 15 is 0 Å². The highest BCUT2D eigenvalue weighted by Gasteiger charge is 2.45. The number of rotatable bonds is 8. The number of nitrogens with zero attached hydrogens (tertiary/aromatic N) is 2. The molecule has 0 fully saturated rings. The predicted molar refractivity (Wildman–Crippen MR) is 172 cm³/mol. The van der Waals surface area contributed by atoms with Gasteiger partial charge < -0.3 is 0 Å². The zero-order chi connectivity index (χ0) is 27.1. The first kappa shape index (κ1) is 27.0. The molecule has 39 heavy (non-hydrogen) atoms. The van der Waals surface area contributed by atoms with Gasteiger partial charge in [0.25, 0.3) is 0 Å². The van der Waals surface area contributed by atoms with Gasteiger partial charge in [0, 0.05) is 21.2 Å². The third-order valence-corrected chi connectivity index (χ3v) is 11.6. The molecule has 0 aromatic heterocycles. The Hall–Kier alpha value is -3.55. The van der Waals surface area contributed by atoms with Gasteiger partial charge in [-0.2, -0.15) is 5.10 Å². The summed E-state index contributed by atoms with van der Waals surface area (Å²) in [6.07, 6.45) is 0.767. The van der Waals surface area contributed by atoms with E-state index in [2.05, 4.69) is 97.9 Å². The molecule has 0 atom stereocenters. The second-order valence-electron chi connectivity index (χ2n) is 9.27. The molecule has 0 aliphatic rings. The zero-order valence-electron chi connectivity index (χ0n) is 21.6. The quantitative estimate of drug-likeness (QED) is 0.103. The zero-order valence-corrected chi connectivity index (χ0v) is 24.0. The SMILES string of the molecule is C/C(C[P+](c1ccccc1)(c1ccccc1)c1ccccc1)=N/N=C(c1ccc(Cl)cc1)c1ccc(Cl)cc1. The van der Waals surface area contributed by atoms with Crippen LogP contribution in [0.1, 0.15) is 18.1 Å². The van der Waals surface area contributed by atoms with E-state index in [1.807, 2.05) is 48.5 Å². The maximum Gasteiger partial charge on any atom is 0.117 e. The molecule has 0 saturated heterocycles. The minimum absolute atomic E-state index is 0.678. The lowest BCUT2D eigenvalue weighted by Gasteiger charge is -2.27. The van der Waals surface area contributed by atoms with Crippen LogP contribution in [-0.2, 0) is 0 Å². The molecule has 0 saturated carbocycles. The van der Waals surface area contributed by atoms with Crippen LogP contribution in [0.3, 0.4) is 0 Å². The number of hydrogen-bond donors (Lipinski definition) is 0. The summed E-state index contributed by atoms with van der Waals surface area (Å²) in [6.45, 7) is 2.08. The Morgan fingerprint density at radius 2 is 0.872 bits per heavy atom. The van der Waals surface area contributed by atoms with Crippen LogP contribution >= 0.6 is 30.5 Å². The highest BCUT2D eigenvalue weighted by atomic mass is 35.5. The van der Waals surface area contributed by atoms with Gasteiger partial charge in [-0.25, -0.2) is 0 Å². The van der Waals surface area contributed by atoms with Gasteiger partial charge in [-0.05, 0) is 67.6 Å². The Balaban J connectivity index is 1.64. The minimum Gasteiger partial charge on any atom is -0.156 e. The summed E-state index contributed by atoms with van der Waals surface area (Å²) in [6, 6.07) is 47.8. The van der Waals surface area contributed by atoms with Crippen molar-refractivity contribution in [1.82, 2.24) is 0 Å². The van der Waals surface area contributed by atoms with Crippen molar-refractivity contribution < 1.29 is 0 Å². The number of hydrogen-bond acceptors (Lipinski definition) is 2. The smallest absolute Gasteiger partial charge is 0.117 e. The van der Waals surface area contributed by atoms with Gasteiger partial charge in [-0.3, -0.25) is 0 Å². The van der Waals surface area contributed by atoms with Crippen molar-refractivity contribution in [1.29, 1.82) is 0 Å². The summed E-state index contributed by atoms with van der Waals surface area (Å²) >= 11 is 12.4. The second kappa shape index (κ2) is 12.5. The minimum atomic E-state index is -2.06. The third kappa shape index (κ3) is 6.21. The van der Waals surface area contributed by atoms with Crippen molar-refractivity contribution in [3.05, 3.63) is 161 Å². The molecule has 5 rings (SSSR count).